The van der Waals surface area contributed by atoms with Crippen molar-refractivity contribution in [3.63, 3.8) is 0 Å². The maximum atomic E-state index is 14.1. The highest BCUT2D eigenvalue weighted by atomic mass is 35.5. The number of ether oxygens (including phenoxy) is 4. The maximum absolute atomic E-state index is 14.1. The molecular formula is C33H53ClN2O10. The van der Waals surface area contributed by atoms with E-state index in [0.717, 1.165) is 32.7 Å². The monoisotopic (exact) mass is 672 g/mol. The second-order valence-electron chi connectivity index (χ2n) is 14.7. The van der Waals surface area contributed by atoms with Gasteiger partial charge in [-0.3, -0.25) is 14.4 Å². The van der Waals surface area contributed by atoms with Crippen LogP contribution in [-0.4, -0.2) is 125 Å². The van der Waals surface area contributed by atoms with Crippen molar-refractivity contribution in [2.24, 2.45) is 16.7 Å². The van der Waals surface area contributed by atoms with Crippen LogP contribution in [0.15, 0.2) is 12.7 Å². The highest BCUT2D eigenvalue weighted by molar-refractivity contribution is 5.92. The Morgan fingerprint density at radius 3 is 2.28 bits per heavy atom. The molecule has 4 fully saturated rings. The molecule has 2 heterocycles. The van der Waals surface area contributed by atoms with Gasteiger partial charge in [0.25, 0.3) is 0 Å². The Balaban J connectivity index is 0.00000576. The molecular weight excluding hydrogens is 620 g/mol. The van der Waals surface area contributed by atoms with Crippen LogP contribution in [0.5, 0.6) is 0 Å². The fourth-order valence-electron chi connectivity index (χ4n) is 8.66. The van der Waals surface area contributed by atoms with Crippen molar-refractivity contribution < 1.29 is 48.3 Å². The molecule has 2 saturated heterocycles. The van der Waals surface area contributed by atoms with Gasteiger partial charge in [-0.05, 0) is 52.1 Å². The fraction of sp³-hybridized carbons (Fsp3) is 0.818. The molecule has 0 spiro atoms. The topological polar surface area (TPSA) is 152 Å². The molecule has 0 aromatic carbocycles. The molecule has 2 N–H and O–H groups in total. The molecule has 8 atom stereocenters. The summed E-state index contributed by atoms with van der Waals surface area (Å²) >= 11 is 0. The van der Waals surface area contributed by atoms with Gasteiger partial charge in [-0.1, -0.05) is 26.8 Å². The number of Topliss-reactive ketones (excluding diaryl/α,β-unsaturated/α-hetero) is 1. The van der Waals surface area contributed by atoms with Crippen LogP contribution in [0, 0.1) is 16.7 Å². The number of carbonyl (C=O) groups is 4. The number of fused-ring (bicyclic) bond motifs is 3. The summed E-state index contributed by atoms with van der Waals surface area (Å²) in [6.07, 6.45) is -1.20. The minimum atomic E-state index is -2.33. The van der Waals surface area contributed by atoms with E-state index in [-0.39, 0.29) is 31.7 Å². The first kappa shape index (κ1) is 38.4. The quantitative estimate of drug-likeness (QED) is 0.210. The Kier molecular flexibility index (Phi) is 11.5. The van der Waals surface area contributed by atoms with E-state index in [1.54, 1.807) is 13.8 Å². The molecule has 2 aliphatic heterocycles. The molecule has 262 valence electrons. The largest absolute Gasteiger partial charge is 0.455 e. The molecule has 0 amide bonds. The number of hydrogen-bond donors (Lipinski definition) is 2. The Labute approximate surface area is 278 Å². The van der Waals surface area contributed by atoms with E-state index in [1.165, 1.54) is 19.9 Å². The predicted octanol–water partition coefficient (Wildman–Crippen LogP) is 2.06. The molecule has 2 aliphatic carbocycles. The molecule has 4 rings (SSSR count). The summed E-state index contributed by atoms with van der Waals surface area (Å²) in [7, 11) is 2.08. The zero-order chi connectivity index (χ0) is 33.6. The summed E-state index contributed by atoms with van der Waals surface area (Å²) in [5.41, 5.74) is -7.81. The average molecular weight is 673 g/mol. The fourth-order valence-corrected chi connectivity index (χ4v) is 8.66. The van der Waals surface area contributed by atoms with Gasteiger partial charge in [0, 0.05) is 57.3 Å². The van der Waals surface area contributed by atoms with Crippen LogP contribution in [0.4, 0.5) is 0 Å². The highest BCUT2D eigenvalue weighted by Crippen LogP contribution is 2.67. The van der Waals surface area contributed by atoms with Crippen LogP contribution in [0.2, 0.25) is 0 Å². The number of hydrogen-bond acceptors (Lipinski definition) is 12. The molecule has 0 aromatic rings. The van der Waals surface area contributed by atoms with Crippen LogP contribution >= 0.6 is 12.4 Å². The van der Waals surface area contributed by atoms with Gasteiger partial charge in [0.15, 0.2) is 24.1 Å². The molecule has 13 heteroatoms. The molecule has 0 radical (unpaired) electrons. The number of esters is 3. The van der Waals surface area contributed by atoms with Gasteiger partial charge in [0.2, 0.25) is 0 Å². The van der Waals surface area contributed by atoms with E-state index in [0.29, 0.717) is 12.8 Å². The zero-order valence-electron chi connectivity index (χ0n) is 28.3. The highest BCUT2D eigenvalue weighted by Gasteiger charge is 2.82. The molecule has 12 nitrogen and oxygen atoms in total. The van der Waals surface area contributed by atoms with E-state index in [1.807, 2.05) is 13.8 Å². The standard InChI is InChI=1S/C33H52N2O10.ClH/c1-9-30(5)19-23(38)33(41)31(6)22(37)12-13-29(3,4)27(31)26(28(43-21(2)36)32(33,7)45-30)44-25(40)20-42-24(39)11-10-14-35-17-15-34(8)16-18-35;/h9,22,26-28,37,41H,1,10-20H2,2-8H3;1H/t22-,26-,27-,28-,30-,31-,32+,33-;/m0./s1. The number of halogens is 1. The van der Waals surface area contributed by atoms with E-state index in [4.69, 9.17) is 18.9 Å². The molecule has 0 unspecified atom stereocenters. The van der Waals surface area contributed by atoms with Gasteiger partial charge in [-0.15, -0.1) is 19.0 Å². The summed E-state index contributed by atoms with van der Waals surface area (Å²) in [5, 5.41) is 24.2. The Hall–Kier alpha value is -2.09. The number of ketones is 1. The van der Waals surface area contributed by atoms with Crippen molar-refractivity contribution in [3.05, 3.63) is 12.7 Å². The Morgan fingerprint density at radius 1 is 1.07 bits per heavy atom. The number of nitrogens with zero attached hydrogens (tertiary/aromatic N) is 2. The lowest BCUT2D eigenvalue weighted by atomic mass is 9.39. The number of rotatable bonds is 9. The number of piperazine rings is 1. The third-order valence-corrected chi connectivity index (χ3v) is 11.1. The number of aliphatic hydroxyl groups is 2. The van der Waals surface area contributed by atoms with Crippen molar-refractivity contribution in [2.75, 3.05) is 46.4 Å². The number of likely N-dealkylation sites (N-methyl/N-ethyl adjacent to an activating group) is 1. The van der Waals surface area contributed by atoms with Crippen molar-refractivity contribution in [3.8, 4) is 0 Å². The maximum Gasteiger partial charge on any atom is 0.344 e. The number of carbonyl (C=O) groups excluding carboxylic acids is 4. The first-order valence-electron chi connectivity index (χ1n) is 16.1. The summed E-state index contributed by atoms with van der Waals surface area (Å²) < 4.78 is 23.6. The Morgan fingerprint density at radius 2 is 1.70 bits per heavy atom. The number of aliphatic hydroxyl groups excluding tert-OH is 1. The van der Waals surface area contributed by atoms with E-state index >= 15 is 0 Å². The first-order valence-corrected chi connectivity index (χ1v) is 16.1. The van der Waals surface area contributed by atoms with Crippen LogP contribution in [0.3, 0.4) is 0 Å². The zero-order valence-corrected chi connectivity index (χ0v) is 29.2. The van der Waals surface area contributed by atoms with Crippen LogP contribution in [-0.2, 0) is 38.1 Å². The van der Waals surface area contributed by atoms with Gasteiger partial charge in [0.05, 0.1) is 11.7 Å². The lowest BCUT2D eigenvalue weighted by molar-refractivity contribution is -0.371. The summed E-state index contributed by atoms with van der Waals surface area (Å²) in [4.78, 5) is 57.1. The SMILES string of the molecule is C=C[C@@]1(C)CC(=O)[C@]2(O)[C@@]3(C)[C@@H](O)CCC(C)(C)[C@@H]3[C@H](OC(=O)COC(=O)CCCN3CCN(C)CC3)[C@H](OC(C)=O)[C@@]2(C)O1.Cl. The molecule has 0 bridgehead atoms. The van der Waals surface area contributed by atoms with Crippen molar-refractivity contribution in [2.45, 2.75) is 109 Å². The molecule has 0 aromatic heterocycles. The lowest BCUT2D eigenvalue weighted by Crippen LogP contribution is -2.87. The van der Waals surface area contributed by atoms with Crippen molar-refractivity contribution in [1.82, 2.24) is 9.80 Å². The summed E-state index contributed by atoms with van der Waals surface area (Å²) in [6.45, 7) is 17.4. The van der Waals surface area contributed by atoms with E-state index in [9.17, 15) is 29.4 Å². The Bertz CT molecular complexity index is 1190. The van der Waals surface area contributed by atoms with E-state index < -0.39 is 82.2 Å². The van der Waals surface area contributed by atoms with Gasteiger partial charge >= 0.3 is 17.9 Å². The van der Waals surface area contributed by atoms with Crippen LogP contribution in [0.25, 0.3) is 0 Å². The second-order valence-corrected chi connectivity index (χ2v) is 14.7. The van der Waals surface area contributed by atoms with Crippen molar-refractivity contribution >= 4 is 36.1 Å². The minimum Gasteiger partial charge on any atom is -0.455 e. The lowest BCUT2D eigenvalue weighted by Gasteiger charge is -2.71. The van der Waals surface area contributed by atoms with Crippen molar-refractivity contribution in [1.29, 1.82) is 0 Å². The third-order valence-electron chi connectivity index (χ3n) is 11.1. The molecule has 2 saturated carbocycles. The normalized spacial score (nSPS) is 39.2. The van der Waals surface area contributed by atoms with Gasteiger partial charge < -0.3 is 39.0 Å². The van der Waals surface area contributed by atoms with Gasteiger partial charge in [0.1, 0.15) is 11.7 Å². The summed E-state index contributed by atoms with van der Waals surface area (Å²) in [5.74, 6) is -3.61. The third kappa shape index (κ3) is 6.62. The molecule has 46 heavy (non-hydrogen) atoms. The van der Waals surface area contributed by atoms with Gasteiger partial charge in [-0.2, -0.15) is 0 Å². The molecule has 4 aliphatic rings. The van der Waals surface area contributed by atoms with Crippen LogP contribution in [0.1, 0.15) is 73.6 Å². The smallest absolute Gasteiger partial charge is 0.344 e. The van der Waals surface area contributed by atoms with Crippen LogP contribution < -0.4 is 0 Å². The van der Waals surface area contributed by atoms with Gasteiger partial charge in [-0.25, -0.2) is 4.79 Å². The second kappa shape index (κ2) is 13.8. The predicted molar refractivity (Wildman–Crippen MR) is 170 cm³/mol. The average Bonchev–Trinajstić information content (AvgIpc) is 2.95. The van der Waals surface area contributed by atoms with E-state index in [2.05, 4.69) is 23.4 Å². The summed E-state index contributed by atoms with van der Waals surface area (Å²) in [6, 6.07) is 0. The first-order chi connectivity index (χ1) is 20.8. The minimum absolute atomic E-state index is 0.